The van der Waals surface area contributed by atoms with E-state index in [1.54, 1.807) is 13.8 Å². The van der Waals surface area contributed by atoms with Crippen LogP contribution in [0.5, 0.6) is 0 Å². The van der Waals surface area contributed by atoms with Crippen molar-refractivity contribution in [2.24, 2.45) is 23.2 Å². The lowest BCUT2D eigenvalue weighted by Gasteiger charge is -2.35. The third-order valence-electron chi connectivity index (χ3n) is 5.23. The third kappa shape index (κ3) is 2.37. The Bertz CT molecular complexity index is 579. The molecule has 0 aliphatic heterocycles. The van der Waals surface area contributed by atoms with Crippen LogP contribution in [0, 0.1) is 23.2 Å². The molecule has 3 N–H and O–H groups in total. The van der Waals surface area contributed by atoms with Crippen molar-refractivity contribution in [3.8, 4) is 0 Å². The predicted octanol–water partition coefficient (Wildman–Crippen LogP) is -1.10. The first-order valence-electron chi connectivity index (χ1n) is 7.49. The minimum absolute atomic E-state index is 0.186. The van der Waals surface area contributed by atoms with Gasteiger partial charge in [0.25, 0.3) is 0 Å². The maximum atomic E-state index is 12.8. The lowest BCUT2D eigenvalue weighted by atomic mass is 9.77. The number of fused-ring (bicyclic) bond motifs is 1. The van der Waals surface area contributed by atoms with Crippen LogP contribution < -0.4 is 5.32 Å². The topological polar surface area (TPSA) is 130 Å². The maximum Gasteiger partial charge on any atom is 0.328 e. The number of carboxylic acid groups (broad SMARTS) is 1. The SMILES string of the molecule is COC1(C(CS)C(=O)N[C@@H](CO)C(=O)O)C(=O)C2C(C1=O)C2(C)C. The summed E-state index contributed by atoms with van der Waals surface area (Å²) in [5.74, 6) is -5.69. The Balaban J connectivity index is 2.32. The molecule has 134 valence electrons. The van der Waals surface area contributed by atoms with Crippen LogP contribution in [0.25, 0.3) is 0 Å². The van der Waals surface area contributed by atoms with Gasteiger partial charge in [-0.2, -0.15) is 12.6 Å². The normalized spacial score (nSPS) is 32.9. The van der Waals surface area contributed by atoms with Crippen LogP contribution in [0.2, 0.25) is 0 Å². The first-order chi connectivity index (χ1) is 11.1. The molecule has 0 aromatic heterocycles. The second-order valence-electron chi connectivity index (χ2n) is 6.76. The highest BCUT2D eigenvalue weighted by atomic mass is 32.1. The lowest BCUT2D eigenvalue weighted by Crippen LogP contribution is -2.60. The van der Waals surface area contributed by atoms with Gasteiger partial charge in [-0.15, -0.1) is 0 Å². The molecule has 2 saturated carbocycles. The van der Waals surface area contributed by atoms with E-state index in [-0.39, 0.29) is 5.75 Å². The zero-order valence-electron chi connectivity index (χ0n) is 13.6. The van der Waals surface area contributed by atoms with E-state index in [2.05, 4.69) is 17.9 Å². The number of nitrogens with one attached hydrogen (secondary N) is 1. The molecule has 0 saturated heterocycles. The fourth-order valence-corrected chi connectivity index (χ4v) is 4.16. The summed E-state index contributed by atoms with van der Waals surface area (Å²) < 4.78 is 5.25. The van der Waals surface area contributed by atoms with Gasteiger partial charge in [0.05, 0.1) is 12.5 Å². The predicted molar refractivity (Wildman–Crippen MR) is 84.5 cm³/mol. The Morgan fingerprint density at radius 2 is 1.79 bits per heavy atom. The molecule has 0 heterocycles. The van der Waals surface area contributed by atoms with Crippen LogP contribution in [0.4, 0.5) is 0 Å². The summed E-state index contributed by atoms with van der Waals surface area (Å²) >= 11 is 4.06. The molecule has 0 radical (unpaired) electrons. The summed E-state index contributed by atoms with van der Waals surface area (Å²) in [5, 5.41) is 20.1. The van der Waals surface area contributed by atoms with Crippen molar-refractivity contribution in [2.75, 3.05) is 19.5 Å². The summed E-state index contributed by atoms with van der Waals surface area (Å²) in [6.45, 7) is 2.79. The minimum Gasteiger partial charge on any atom is -0.480 e. The molecule has 1 amide bonds. The van der Waals surface area contributed by atoms with Gasteiger partial charge in [-0.25, -0.2) is 4.79 Å². The third-order valence-corrected chi connectivity index (χ3v) is 5.60. The largest absolute Gasteiger partial charge is 0.480 e. The number of carboxylic acids is 1. The zero-order valence-corrected chi connectivity index (χ0v) is 14.5. The average molecular weight is 359 g/mol. The molecule has 2 aliphatic carbocycles. The molecule has 0 aromatic rings. The molecule has 24 heavy (non-hydrogen) atoms. The summed E-state index contributed by atoms with van der Waals surface area (Å²) in [6, 6.07) is -1.54. The van der Waals surface area contributed by atoms with Gasteiger partial charge in [-0.3, -0.25) is 14.4 Å². The maximum absolute atomic E-state index is 12.8. The van der Waals surface area contributed by atoms with Crippen molar-refractivity contribution >= 4 is 36.1 Å². The van der Waals surface area contributed by atoms with Gasteiger partial charge in [0, 0.05) is 24.7 Å². The summed E-state index contributed by atoms with van der Waals surface area (Å²) in [7, 11) is 1.18. The Hall–Kier alpha value is -1.45. The Morgan fingerprint density at radius 1 is 1.29 bits per heavy atom. The Kier molecular flexibility index (Phi) is 4.82. The van der Waals surface area contributed by atoms with E-state index in [4.69, 9.17) is 14.9 Å². The fraction of sp³-hybridized carbons (Fsp3) is 0.733. The second-order valence-corrected chi connectivity index (χ2v) is 7.13. The van der Waals surface area contributed by atoms with Gasteiger partial charge in [-0.05, 0) is 5.41 Å². The first-order valence-corrected chi connectivity index (χ1v) is 8.13. The van der Waals surface area contributed by atoms with E-state index in [0.717, 1.165) is 0 Å². The number of carbonyl (C=O) groups is 4. The number of ketones is 2. The average Bonchev–Trinajstić information content (AvgIpc) is 3.00. The second kappa shape index (κ2) is 6.12. The molecule has 9 heteroatoms. The van der Waals surface area contributed by atoms with Gasteiger partial charge < -0.3 is 20.3 Å². The van der Waals surface area contributed by atoms with Crippen molar-refractivity contribution < 1.29 is 34.1 Å². The lowest BCUT2D eigenvalue weighted by molar-refractivity contribution is -0.164. The summed E-state index contributed by atoms with van der Waals surface area (Å²) in [4.78, 5) is 49.0. The van der Waals surface area contributed by atoms with Crippen LogP contribution in [0.15, 0.2) is 0 Å². The van der Waals surface area contributed by atoms with Crippen LogP contribution in [-0.2, 0) is 23.9 Å². The quantitative estimate of drug-likeness (QED) is 0.335. The molecular formula is C15H21NO7S. The van der Waals surface area contributed by atoms with Crippen molar-refractivity contribution in [1.29, 1.82) is 0 Å². The number of hydrogen-bond donors (Lipinski definition) is 4. The molecule has 2 fully saturated rings. The molecule has 2 aliphatic rings. The number of aliphatic carboxylic acids is 1. The molecular weight excluding hydrogens is 338 g/mol. The van der Waals surface area contributed by atoms with Gasteiger partial charge in [-0.1, -0.05) is 13.8 Å². The van der Waals surface area contributed by atoms with Crippen molar-refractivity contribution in [3.63, 3.8) is 0 Å². The van der Waals surface area contributed by atoms with Gasteiger partial charge in [0.2, 0.25) is 5.91 Å². The number of hydrogen-bond acceptors (Lipinski definition) is 7. The molecule has 0 spiro atoms. The van der Waals surface area contributed by atoms with Gasteiger partial charge >= 0.3 is 5.97 Å². The standard InChI is InChI=1S/C15H21NO7S/c1-14(2)8-9(14)11(19)15(23-3,10(8)18)6(5-24)12(20)16-7(4-17)13(21)22/h6-9,17,24H,4-5H2,1-3H3,(H,16,20)(H,21,22)/t6?,7-,8?,9?,15?/m0/s1. The number of methoxy groups -OCH3 is 1. The fourth-order valence-electron chi connectivity index (χ4n) is 3.74. The molecule has 0 bridgehead atoms. The number of thiol groups is 1. The van der Waals surface area contributed by atoms with Crippen LogP contribution in [0.3, 0.4) is 0 Å². The van der Waals surface area contributed by atoms with E-state index in [1.165, 1.54) is 7.11 Å². The number of Topliss-reactive ketones (excluding diaryl/α,β-unsaturated/α-hetero) is 2. The first kappa shape index (κ1) is 18.9. The highest BCUT2D eigenvalue weighted by molar-refractivity contribution is 7.80. The molecule has 2 rings (SSSR count). The van der Waals surface area contributed by atoms with E-state index in [9.17, 15) is 19.2 Å². The van der Waals surface area contributed by atoms with Crippen LogP contribution >= 0.6 is 12.6 Å². The number of carbonyl (C=O) groups excluding carboxylic acids is 3. The molecule has 4 atom stereocenters. The van der Waals surface area contributed by atoms with Crippen molar-refractivity contribution in [2.45, 2.75) is 25.5 Å². The summed E-state index contributed by atoms with van der Waals surface area (Å²) in [6.07, 6.45) is 0. The van der Waals surface area contributed by atoms with E-state index in [0.29, 0.717) is 0 Å². The molecule has 3 unspecified atom stereocenters. The smallest absolute Gasteiger partial charge is 0.328 e. The Labute approximate surface area is 144 Å². The molecule has 0 aromatic carbocycles. The number of ether oxygens (including phenoxy) is 1. The van der Waals surface area contributed by atoms with Gasteiger partial charge in [0.1, 0.15) is 6.04 Å². The van der Waals surface area contributed by atoms with E-state index < -0.39 is 64.9 Å². The monoisotopic (exact) mass is 359 g/mol. The number of aliphatic hydroxyl groups excluding tert-OH is 1. The van der Waals surface area contributed by atoms with Crippen LogP contribution in [0.1, 0.15) is 13.8 Å². The highest BCUT2D eigenvalue weighted by Crippen LogP contribution is 2.67. The van der Waals surface area contributed by atoms with Gasteiger partial charge in [0.15, 0.2) is 17.2 Å². The molecule has 8 nitrogen and oxygen atoms in total. The minimum atomic E-state index is -1.95. The van der Waals surface area contributed by atoms with Crippen molar-refractivity contribution in [1.82, 2.24) is 5.32 Å². The van der Waals surface area contributed by atoms with E-state index in [1.807, 2.05) is 0 Å². The van der Waals surface area contributed by atoms with E-state index >= 15 is 0 Å². The zero-order chi connectivity index (χ0) is 18.4. The number of aliphatic hydroxyl groups is 1. The number of rotatable bonds is 7. The van der Waals surface area contributed by atoms with Crippen LogP contribution in [-0.4, -0.2) is 64.8 Å². The highest BCUT2D eigenvalue weighted by Gasteiger charge is 2.80. The van der Waals surface area contributed by atoms with Crippen molar-refractivity contribution in [3.05, 3.63) is 0 Å². The summed E-state index contributed by atoms with van der Waals surface area (Å²) in [5.41, 5.74) is -2.41. The Morgan fingerprint density at radius 3 is 2.12 bits per heavy atom. The number of amides is 1.